The van der Waals surface area contributed by atoms with Gasteiger partial charge in [0.25, 0.3) is 0 Å². The zero-order valence-corrected chi connectivity index (χ0v) is 19.9. The molecule has 0 unspecified atom stereocenters. The zero-order valence-electron chi connectivity index (χ0n) is 19.2. The van der Waals surface area contributed by atoms with E-state index in [0.29, 0.717) is 59.8 Å². The van der Waals surface area contributed by atoms with Crippen LogP contribution in [-0.2, 0) is 11.3 Å². The number of nitrogens with one attached hydrogen (secondary N) is 1. The molecule has 2 aromatic heterocycles. The van der Waals surface area contributed by atoms with Crippen molar-refractivity contribution < 1.29 is 9.53 Å². The number of hydrogen-bond acceptors (Lipinski definition) is 8. The third kappa shape index (κ3) is 5.31. The van der Waals surface area contributed by atoms with Crippen molar-refractivity contribution in [2.75, 3.05) is 36.6 Å². The molecule has 0 atom stereocenters. The minimum atomic E-state index is -0.0923. The molecule has 5 rings (SSSR count). The molecular formula is C25H24ClN7O2. The molecule has 1 saturated heterocycles. The number of Topliss-reactive ketones (excluding diaryl/α,β-unsaturated/α-hetero) is 1. The predicted octanol–water partition coefficient (Wildman–Crippen LogP) is 3.95. The first-order valence-corrected chi connectivity index (χ1v) is 11.6. The Morgan fingerprint density at radius 3 is 2.80 bits per heavy atom. The SMILES string of the molecule is Cc1cccc(C=NNc2nc(N3CCOCC3)nc3c2ncn3CC(=O)c2cccc(Cl)c2)c1. The van der Waals surface area contributed by atoms with Gasteiger partial charge >= 0.3 is 0 Å². The van der Waals surface area contributed by atoms with Crippen molar-refractivity contribution in [2.45, 2.75) is 13.5 Å². The van der Waals surface area contributed by atoms with Gasteiger partial charge in [-0.15, -0.1) is 0 Å². The number of ether oxygens (including phenoxy) is 1. The lowest BCUT2D eigenvalue weighted by Gasteiger charge is -2.27. The van der Waals surface area contributed by atoms with Crippen LogP contribution in [0.25, 0.3) is 11.2 Å². The van der Waals surface area contributed by atoms with Crippen LogP contribution in [-0.4, -0.2) is 57.8 Å². The summed E-state index contributed by atoms with van der Waals surface area (Å²) in [5.74, 6) is 0.908. The minimum Gasteiger partial charge on any atom is -0.378 e. The van der Waals surface area contributed by atoms with Gasteiger partial charge in [0.1, 0.15) is 0 Å². The molecule has 1 aliphatic rings. The summed E-state index contributed by atoms with van der Waals surface area (Å²) in [5.41, 5.74) is 6.75. The van der Waals surface area contributed by atoms with Crippen LogP contribution in [0.15, 0.2) is 60.0 Å². The van der Waals surface area contributed by atoms with Crippen LogP contribution in [0.2, 0.25) is 5.02 Å². The van der Waals surface area contributed by atoms with E-state index in [1.54, 1.807) is 41.4 Å². The van der Waals surface area contributed by atoms with E-state index in [9.17, 15) is 4.79 Å². The average Bonchev–Trinajstić information content (AvgIpc) is 3.27. The quantitative estimate of drug-likeness (QED) is 0.238. The monoisotopic (exact) mass is 489 g/mol. The number of imidazole rings is 1. The van der Waals surface area contributed by atoms with E-state index in [4.69, 9.17) is 26.3 Å². The number of morpholine rings is 1. The van der Waals surface area contributed by atoms with Gasteiger partial charge in [-0.25, -0.2) is 4.98 Å². The van der Waals surface area contributed by atoms with E-state index < -0.39 is 0 Å². The molecule has 9 nitrogen and oxygen atoms in total. The van der Waals surface area contributed by atoms with Crippen molar-refractivity contribution in [1.29, 1.82) is 0 Å². The maximum absolute atomic E-state index is 12.9. The summed E-state index contributed by atoms with van der Waals surface area (Å²) in [6.07, 6.45) is 3.33. The van der Waals surface area contributed by atoms with Gasteiger partial charge in [-0.3, -0.25) is 10.2 Å². The fourth-order valence-corrected chi connectivity index (χ4v) is 4.05. The lowest BCUT2D eigenvalue weighted by atomic mass is 10.1. The van der Waals surface area contributed by atoms with E-state index in [1.807, 2.05) is 31.2 Å². The summed E-state index contributed by atoms with van der Waals surface area (Å²) in [6.45, 7) is 4.65. The number of ketones is 1. The molecule has 0 amide bonds. The van der Waals surface area contributed by atoms with Gasteiger partial charge in [0.2, 0.25) is 5.95 Å². The molecule has 3 heterocycles. The molecular weight excluding hydrogens is 466 g/mol. The standard InChI is InChI=1S/C25H24ClN7O2/c1-17-4-2-5-18(12-17)14-28-31-23-22-24(30-25(29-23)32-8-10-35-11-9-32)33(16-27-22)15-21(34)19-6-3-7-20(26)13-19/h2-7,12-14,16H,8-11,15H2,1H3,(H,29,30,31). The average molecular weight is 490 g/mol. The Bertz CT molecular complexity index is 1400. The second kappa shape index (κ2) is 10.2. The van der Waals surface area contributed by atoms with E-state index in [1.165, 1.54) is 0 Å². The van der Waals surface area contributed by atoms with Gasteiger partial charge in [-0.2, -0.15) is 15.1 Å². The Kier molecular flexibility index (Phi) is 6.69. The highest BCUT2D eigenvalue weighted by Gasteiger charge is 2.20. The van der Waals surface area contributed by atoms with Gasteiger partial charge in [0.15, 0.2) is 22.8 Å². The molecule has 0 radical (unpaired) electrons. The van der Waals surface area contributed by atoms with Crippen molar-refractivity contribution in [3.63, 3.8) is 0 Å². The maximum Gasteiger partial charge on any atom is 0.229 e. The summed E-state index contributed by atoms with van der Waals surface area (Å²) >= 11 is 6.07. The molecule has 178 valence electrons. The Hall–Kier alpha value is -3.82. The first-order valence-electron chi connectivity index (χ1n) is 11.3. The Morgan fingerprint density at radius 1 is 1.17 bits per heavy atom. The first-order chi connectivity index (χ1) is 17.1. The smallest absolute Gasteiger partial charge is 0.229 e. The highest BCUT2D eigenvalue weighted by molar-refractivity contribution is 6.31. The lowest BCUT2D eigenvalue weighted by molar-refractivity contribution is 0.0973. The second-order valence-electron chi connectivity index (χ2n) is 8.23. The van der Waals surface area contributed by atoms with Crippen molar-refractivity contribution in [2.24, 2.45) is 5.10 Å². The number of anilines is 2. The number of benzene rings is 2. The third-order valence-electron chi connectivity index (χ3n) is 5.63. The van der Waals surface area contributed by atoms with Crippen molar-refractivity contribution >= 4 is 46.5 Å². The van der Waals surface area contributed by atoms with Gasteiger partial charge in [-0.1, -0.05) is 53.6 Å². The highest BCUT2D eigenvalue weighted by Crippen LogP contribution is 2.24. The van der Waals surface area contributed by atoms with Gasteiger partial charge in [0.05, 0.1) is 32.3 Å². The summed E-state index contributed by atoms with van der Waals surface area (Å²) in [5, 5.41) is 4.89. The van der Waals surface area contributed by atoms with Crippen LogP contribution in [0.5, 0.6) is 0 Å². The molecule has 1 fully saturated rings. The van der Waals surface area contributed by atoms with E-state index in [-0.39, 0.29) is 12.3 Å². The molecule has 4 aromatic rings. The molecule has 1 aliphatic heterocycles. The number of fused-ring (bicyclic) bond motifs is 1. The molecule has 1 N–H and O–H groups in total. The first kappa shape index (κ1) is 22.9. The third-order valence-corrected chi connectivity index (χ3v) is 5.87. The number of hydrogen-bond donors (Lipinski definition) is 1. The number of rotatable bonds is 7. The fourth-order valence-electron chi connectivity index (χ4n) is 3.86. The zero-order chi connectivity index (χ0) is 24.2. The van der Waals surface area contributed by atoms with Crippen molar-refractivity contribution in [1.82, 2.24) is 19.5 Å². The maximum atomic E-state index is 12.9. The number of nitrogens with zero attached hydrogens (tertiary/aromatic N) is 6. The predicted molar refractivity (Wildman–Crippen MR) is 137 cm³/mol. The Labute approximate surface area is 207 Å². The molecule has 0 bridgehead atoms. The Morgan fingerprint density at radius 2 is 2.00 bits per heavy atom. The molecule has 35 heavy (non-hydrogen) atoms. The van der Waals surface area contributed by atoms with Gasteiger partial charge in [-0.05, 0) is 24.6 Å². The molecule has 0 saturated carbocycles. The Balaban J connectivity index is 1.48. The van der Waals surface area contributed by atoms with Crippen LogP contribution in [0.1, 0.15) is 21.5 Å². The summed E-state index contributed by atoms with van der Waals surface area (Å²) in [6, 6.07) is 14.9. The summed E-state index contributed by atoms with van der Waals surface area (Å²) in [7, 11) is 0. The normalized spacial score (nSPS) is 14.1. The van der Waals surface area contributed by atoms with Gasteiger partial charge in [0, 0.05) is 23.7 Å². The van der Waals surface area contributed by atoms with Crippen LogP contribution < -0.4 is 10.3 Å². The van der Waals surface area contributed by atoms with E-state index >= 15 is 0 Å². The van der Waals surface area contributed by atoms with Crippen molar-refractivity contribution in [3.8, 4) is 0 Å². The number of aryl methyl sites for hydroxylation is 1. The van der Waals surface area contributed by atoms with Crippen LogP contribution in [0, 0.1) is 6.92 Å². The largest absolute Gasteiger partial charge is 0.378 e. The molecule has 0 spiro atoms. The number of carbonyl (C=O) groups excluding carboxylic acids is 1. The van der Waals surface area contributed by atoms with Crippen molar-refractivity contribution in [3.05, 3.63) is 76.6 Å². The minimum absolute atomic E-state index is 0.0718. The fraction of sp³-hybridized carbons (Fsp3) is 0.240. The topological polar surface area (TPSA) is 97.5 Å². The number of aromatic nitrogens is 4. The van der Waals surface area contributed by atoms with E-state index in [0.717, 1.165) is 11.1 Å². The van der Waals surface area contributed by atoms with E-state index in [2.05, 4.69) is 20.4 Å². The van der Waals surface area contributed by atoms with Crippen LogP contribution in [0.4, 0.5) is 11.8 Å². The molecule has 10 heteroatoms. The number of hydrazone groups is 1. The summed E-state index contributed by atoms with van der Waals surface area (Å²) < 4.78 is 7.19. The highest BCUT2D eigenvalue weighted by atomic mass is 35.5. The lowest BCUT2D eigenvalue weighted by Crippen LogP contribution is -2.37. The van der Waals surface area contributed by atoms with Gasteiger partial charge < -0.3 is 14.2 Å². The number of halogens is 1. The second-order valence-corrected chi connectivity index (χ2v) is 8.67. The molecule has 2 aromatic carbocycles. The van der Waals surface area contributed by atoms with Crippen LogP contribution in [0.3, 0.4) is 0 Å². The summed E-state index contributed by atoms with van der Waals surface area (Å²) in [4.78, 5) is 28.9. The molecule has 0 aliphatic carbocycles. The van der Waals surface area contributed by atoms with Crippen LogP contribution >= 0.6 is 11.6 Å². The number of carbonyl (C=O) groups is 1.